The van der Waals surface area contributed by atoms with Gasteiger partial charge in [0.1, 0.15) is 0 Å². The van der Waals surface area contributed by atoms with Crippen LogP contribution in [0.15, 0.2) is 29.2 Å². The van der Waals surface area contributed by atoms with Gasteiger partial charge in [-0.3, -0.25) is 0 Å². The first-order chi connectivity index (χ1) is 10.5. The Morgan fingerprint density at radius 1 is 1.14 bits per heavy atom. The first-order valence-electron chi connectivity index (χ1n) is 8.05. The summed E-state index contributed by atoms with van der Waals surface area (Å²) in [7, 11) is -1.67. The monoisotopic (exact) mass is 327 g/mol. The molecule has 0 unspecified atom stereocenters. The van der Waals surface area contributed by atoms with E-state index in [-0.39, 0.29) is 6.10 Å². The molecule has 1 aromatic carbocycles. The van der Waals surface area contributed by atoms with Crippen molar-refractivity contribution in [2.45, 2.75) is 57.5 Å². The number of rotatable bonds is 4. The van der Waals surface area contributed by atoms with Gasteiger partial charge < -0.3 is 4.74 Å². The third kappa shape index (κ3) is 5.07. The normalized spacial score (nSPS) is 16.9. The molecule has 2 rings (SSSR count). The molecule has 0 saturated carbocycles. The number of nitrogens with zero attached hydrogens (tertiary/aromatic N) is 1. The minimum absolute atomic E-state index is 0.188. The highest BCUT2D eigenvalue weighted by Crippen LogP contribution is 2.23. The van der Waals surface area contributed by atoms with E-state index in [1.54, 1.807) is 23.5 Å². The molecule has 0 spiro atoms. The molecule has 0 bridgehead atoms. The zero-order chi connectivity index (χ0) is 16.6. The van der Waals surface area contributed by atoms with Crippen LogP contribution < -0.4 is 0 Å². The van der Waals surface area contributed by atoms with Crippen LogP contribution in [0.25, 0.3) is 0 Å². The summed E-state index contributed by atoms with van der Waals surface area (Å²) < 4.78 is 31.8. The zero-order valence-electron chi connectivity index (χ0n) is 14.2. The number of unbranched alkanes of at least 4 members (excludes halogenated alkanes) is 1. The fourth-order valence-electron chi connectivity index (χ4n) is 2.29. The lowest BCUT2D eigenvalue weighted by atomic mass is 10.1. The average Bonchev–Trinajstić information content (AvgIpc) is 2.55. The van der Waals surface area contributed by atoms with Crippen LogP contribution in [0.1, 0.15) is 45.1 Å². The molecule has 1 saturated heterocycles. The first-order valence-corrected chi connectivity index (χ1v) is 9.49. The standard InChI is InChI=1S/C13H19NO3S.C4H10/c1-11-5-3-4-6-13(11)18(15,16)14-9-7-12(17-2)8-10-14;1-3-4-2/h3-6,12H,7-10H2,1-2H3;3-4H2,1-2H3. The molecular formula is C17H29NO3S. The highest BCUT2D eigenvalue weighted by molar-refractivity contribution is 7.89. The van der Waals surface area contributed by atoms with E-state index in [0.717, 1.165) is 18.4 Å². The molecule has 4 nitrogen and oxygen atoms in total. The second-order valence-electron chi connectivity index (χ2n) is 5.60. The van der Waals surface area contributed by atoms with Crippen molar-refractivity contribution in [3.05, 3.63) is 29.8 Å². The lowest BCUT2D eigenvalue weighted by Crippen LogP contribution is -2.40. The van der Waals surface area contributed by atoms with Gasteiger partial charge in [0, 0.05) is 20.2 Å². The summed E-state index contributed by atoms with van der Waals surface area (Å²) in [4.78, 5) is 0.417. The van der Waals surface area contributed by atoms with Crippen molar-refractivity contribution in [1.82, 2.24) is 4.31 Å². The zero-order valence-corrected chi connectivity index (χ0v) is 15.0. The summed E-state index contributed by atoms with van der Waals surface area (Å²) in [5.74, 6) is 0. The SMILES string of the molecule is CCCC.COC1CCN(S(=O)(=O)c2ccccc2C)CC1. The molecule has 0 amide bonds. The second kappa shape index (κ2) is 9.28. The van der Waals surface area contributed by atoms with Gasteiger partial charge in [-0.05, 0) is 31.4 Å². The molecule has 1 fully saturated rings. The third-order valence-electron chi connectivity index (χ3n) is 3.95. The highest BCUT2D eigenvalue weighted by atomic mass is 32.2. The quantitative estimate of drug-likeness (QED) is 0.849. The Morgan fingerprint density at radius 3 is 2.14 bits per heavy atom. The molecule has 0 atom stereocenters. The van der Waals surface area contributed by atoms with E-state index in [1.807, 2.05) is 19.1 Å². The smallest absolute Gasteiger partial charge is 0.243 e. The Bertz CT molecular complexity index is 533. The van der Waals surface area contributed by atoms with Gasteiger partial charge in [0.05, 0.1) is 11.0 Å². The fraction of sp³-hybridized carbons (Fsp3) is 0.647. The number of ether oxygens (including phenoxy) is 1. The number of piperidine rings is 1. The maximum Gasteiger partial charge on any atom is 0.243 e. The van der Waals surface area contributed by atoms with Gasteiger partial charge in [0.2, 0.25) is 10.0 Å². The van der Waals surface area contributed by atoms with Crippen LogP contribution in [0.5, 0.6) is 0 Å². The Hall–Kier alpha value is -0.910. The predicted molar refractivity (Wildman–Crippen MR) is 90.6 cm³/mol. The van der Waals surface area contributed by atoms with Crippen LogP contribution in [-0.4, -0.2) is 39.0 Å². The van der Waals surface area contributed by atoms with E-state index in [4.69, 9.17) is 4.74 Å². The number of benzene rings is 1. The average molecular weight is 327 g/mol. The molecule has 1 aliphatic heterocycles. The minimum Gasteiger partial charge on any atom is -0.381 e. The Balaban J connectivity index is 0.000000541. The second-order valence-corrected chi connectivity index (χ2v) is 7.51. The number of hydrogen-bond donors (Lipinski definition) is 0. The molecule has 126 valence electrons. The molecule has 5 heteroatoms. The van der Waals surface area contributed by atoms with Crippen molar-refractivity contribution in [2.24, 2.45) is 0 Å². The molecule has 0 aliphatic carbocycles. The van der Waals surface area contributed by atoms with E-state index >= 15 is 0 Å². The molecule has 1 aliphatic rings. The van der Waals surface area contributed by atoms with Gasteiger partial charge in [-0.15, -0.1) is 0 Å². The minimum atomic E-state index is -3.35. The van der Waals surface area contributed by atoms with Gasteiger partial charge in [-0.1, -0.05) is 44.9 Å². The van der Waals surface area contributed by atoms with Gasteiger partial charge in [-0.25, -0.2) is 8.42 Å². The summed E-state index contributed by atoms with van der Waals surface area (Å²) >= 11 is 0. The molecule has 1 aromatic rings. The molecule has 1 heterocycles. The highest BCUT2D eigenvalue weighted by Gasteiger charge is 2.29. The number of aryl methyl sites for hydroxylation is 1. The van der Waals surface area contributed by atoms with Crippen molar-refractivity contribution >= 4 is 10.0 Å². The first kappa shape index (κ1) is 19.1. The maximum atomic E-state index is 12.5. The van der Waals surface area contributed by atoms with Crippen LogP contribution in [-0.2, 0) is 14.8 Å². The number of sulfonamides is 1. The largest absolute Gasteiger partial charge is 0.381 e. The summed E-state index contributed by atoms with van der Waals surface area (Å²) in [6.07, 6.45) is 4.36. The summed E-state index contributed by atoms with van der Waals surface area (Å²) in [5, 5.41) is 0. The van der Waals surface area contributed by atoms with Gasteiger partial charge in [0.25, 0.3) is 0 Å². The number of hydrogen-bond acceptors (Lipinski definition) is 3. The lowest BCUT2D eigenvalue weighted by Gasteiger charge is -2.30. The molecule has 0 radical (unpaired) electrons. The fourth-order valence-corrected chi connectivity index (χ4v) is 3.99. The van der Waals surface area contributed by atoms with Crippen molar-refractivity contribution in [3.63, 3.8) is 0 Å². The van der Waals surface area contributed by atoms with Crippen LogP contribution >= 0.6 is 0 Å². The van der Waals surface area contributed by atoms with E-state index in [1.165, 1.54) is 12.8 Å². The van der Waals surface area contributed by atoms with Gasteiger partial charge >= 0.3 is 0 Å². The molecular weight excluding hydrogens is 298 g/mol. The van der Waals surface area contributed by atoms with Crippen molar-refractivity contribution < 1.29 is 13.2 Å². The Morgan fingerprint density at radius 2 is 1.68 bits per heavy atom. The molecule has 22 heavy (non-hydrogen) atoms. The van der Waals surface area contributed by atoms with E-state index in [0.29, 0.717) is 18.0 Å². The van der Waals surface area contributed by atoms with Crippen LogP contribution in [0, 0.1) is 6.92 Å². The van der Waals surface area contributed by atoms with E-state index in [2.05, 4.69) is 13.8 Å². The number of methoxy groups -OCH3 is 1. The molecule has 0 aromatic heterocycles. The van der Waals surface area contributed by atoms with Crippen molar-refractivity contribution in [1.29, 1.82) is 0 Å². The van der Waals surface area contributed by atoms with Gasteiger partial charge in [-0.2, -0.15) is 4.31 Å². The third-order valence-corrected chi connectivity index (χ3v) is 6.00. The van der Waals surface area contributed by atoms with Crippen LogP contribution in [0.4, 0.5) is 0 Å². The van der Waals surface area contributed by atoms with E-state index < -0.39 is 10.0 Å². The summed E-state index contributed by atoms with van der Waals surface area (Å²) in [6, 6.07) is 7.12. The Labute approximate surface area is 135 Å². The van der Waals surface area contributed by atoms with E-state index in [9.17, 15) is 8.42 Å². The lowest BCUT2D eigenvalue weighted by molar-refractivity contribution is 0.0604. The van der Waals surface area contributed by atoms with Gasteiger partial charge in [0.15, 0.2) is 0 Å². The maximum absolute atomic E-state index is 12.5. The Kier molecular flexibility index (Phi) is 8.07. The summed E-state index contributed by atoms with van der Waals surface area (Å²) in [6.45, 7) is 7.26. The van der Waals surface area contributed by atoms with Crippen LogP contribution in [0.3, 0.4) is 0 Å². The van der Waals surface area contributed by atoms with Crippen molar-refractivity contribution in [3.8, 4) is 0 Å². The molecule has 0 N–H and O–H groups in total. The summed E-state index contributed by atoms with van der Waals surface area (Å²) in [5.41, 5.74) is 0.798. The van der Waals surface area contributed by atoms with Crippen LogP contribution in [0.2, 0.25) is 0 Å². The predicted octanol–water partition coefficient (Wildman–Crippen LogP) is 3.60. The topological polar surface area (TPSA) is 46.6 Å². The van der Waals surface area contributed by atoms with Crippen molar-refractivity contribution in [2.75, 3.05) is 20.2 Å².